The number of rotatable bonds is 4. The van der Waals surface area contributed by atoms with Crippen LogP contribution in [0.5, 0.6) is 0 Å². The summed E-state index contributed by atoms with van der Waals surface area (Å²) in [5, 5.41) is 3.96. The van der Waals surface area contributed by atoms with Gasteiger partial charge in [-0.1, -0.05) is 18.2 Å². The summed E-state index contributed by atoms with van der Waals surface area (Å²) in [6.07, 6.45) is 2.12. The summed E-state index contributed by atoms with van der Waals surface area (Å²) in [6, 6.07) is 13.2. The molecule has 0 saturated heterocycles. The average molecular weight is 269 g/mol. The molecule has 0 spiro atoms. The molecule has 0 aliphatic heterocycles. The van der Waals surface area contributed by atoms with Crippen LogP contribution < -0.4 is 5.32 Å². The van der Waals surface area contributed by atoms with Gasteiger partial charge in [0.2, 0.25) is 0 Å². The normalized spacial score (nSPS) is 12.4. The van der Waals surface area contributed by atoms with Gasteiger partial charge in [0.1, 0.15) is 11.3 Å². The molecular weight excluding hydrogens is 254 g/mol. The Hall–Kier alpha value is -2.49. The van der Waals surface area contributed by atoms with Crippen molar-refractivity contribution in [3.05, 3.63) is 60.2 Å². The predicted octanol–water partition coefficient (Wildman–Crippen LogP) is 3.39. The predicted molar refractivity (Wildman–Crippen MR) is 75.6 cm³/mol. The molecule has 0 aliphatic carbocycles. The van der Waals surface area contributed by atoms with Gasteiger partial charge in [0, 0.05) is 17.8 Å². The van der Waals surface area contributed by atoms with Gasteiger partial charge in [-0.2, -0.15) is 0 Å². The van der Waals surface area contributed by atoms with Crippen LogP contribution in [-0.2, 0) is 6.42 Å². The fourth-order valence-electron chi connectivity index (χ4n) is 2.19. The Morgan fingerprint density at radius 1 is 1.25 bits per heavy atom. The van der Waals surface area contributed by atoms with E-state index in [9.17, 15) is 4.79 Å². The first-order chi connectivity index (χ1) is 9.72. The lowest BCUT2D eigenvalue weighted by Gasteiger charge is -2.10. The second-order valence-corrected chi connectivity index (χ2v) is 4.81. The molecule has 1 atom stereocenters. The zero-order chi connectivity index (χ0) is 13.9. The molecule has 0 radical (unpaired) electrons. The average Bonchev–Trinajstić information content (AvgIpc) is 3.07. The highest BCUT2D eigenvalue weighted by atomic mass is 16.3. The first-order valence-electron chi connectivity index (χ1n) is 6.54. The van der Waals surface area contributed by atoms with E-state index in [2.05, 4.69) is 5.32 Å². The van der Waals surface area contributed by atoms with E-state index in [1.54, 1.807) is 12.1 Å². The fourth-order valence-corrected chi connectivity index (χ4v) is 2.19. The van der Waals surface area contributed by atoms with Crippen molar-refractivity contribution in [3.8, 4) is 0 Å². The molecule has 2 heterocycles. The van der Waals surface area contributed by atoms with E-state index in [1.165, 1.54) is 6.26 Å². The summed E-state index contributed by atoms with van der Waals surface area (Å²) in [5.41, 5.74) is 0.868. The third-order valence-electron chi connectivity index (χ3n) is 3.11. The SMILES string of the molecule is C[C@@H](Cc1cc2ccccc2o1)NC(=O)c1ccco1. The third kappa shape index (κ3) is 2.59. The van der Waals surface area contributed by atoms with Crippen molar-refractivity contribution < 1.29 is 13.6 Å². The largest absolute Gasteiger partial charge is 0.461 e. The summed E-state index contributed by atoms with van der Waals surface area (Å²) in [6.45, 7) is 1.94. The molecule has 1 N–H and O–H groups in total. The minimum absolute atomic E-state index is 0.0341. The number of furan rings is 2. The third-order valence-corrected chi connectivity index (χ3v) is 3.11. The monoisotopic (exact) mass is 269 g/mol. The molecule has 4 nitrogen and oxygen atoms in total. The zero-order valence-corrected chi connectivity index (χ0v) is 11.1. The Kier molecular flexibility index (Phi) is 3.29. The van der Waals surface area contributed by atoms with Crippen molar-refractivity contribution in [1.82, 2.24) is 5.32 Å². The molecule has 0 saturated carbocycles. The number of amides is 1. The molecule has 1 amide bonds. The zero-order valence-electron chi connectivity index (χ0n) is 11.1. The van der Waals surface area contributed by atoms with Crippen LogP contribution in [0.25, 0.3) is 11.0 Å². The lowest BCUT2D eigenvalue weighted by atomic mass is 10.1. The van der Waals surface area contributed by atoms with Crippen molar-refractivity contribution in [2.45, 2.75) is 19.4 Å². The van der Waals surface area contributed by atoms with Gasteiger partial charge in [-0.25, -0.2) is 0 Å². The summed E-state index contributed by atoms with van der Waals surface area (Å²) in [7, 11) is 0. The maximum absolute atomic E-state index is 11.8. The van der Waals surface area contributed by atoms with Crippen LogP contribution in [0, 0.1) is 0 Å². The molecular formula is C16H15NO3. The first kappa shape index (κ1) is 12.5. The summed E-state index contributed by atoms with van der Waals surface area (Å²) in [5.74, 6) is 0.971. The van der Waals surface area contributed by atoms with Gasteiger partial charge in [-0.15, -0.1) is 0 Å². The topological polar surface area (TPSA) is 55.4 Å². The van der Waals surface area contributed by atoms with Gasteiger partial charge in [0.15, 0.2) is 5.76 Å². The summed E-state index contributed by atoms with van der Waals surface area (Å²) >= 11 is 0. The number of carbonyl (C=O) groups excluding carboxylic acids is 1. The van der Waals surface area contributed by atoms with Gasteiger partial charge >= 0.3 is 0 Å². The Morgan fingerprint density at radius 2 is 2.10 bits per heavy atom. The van der Waals surface area contributed by atoms with Gasteiger partial charge in [0.25, 0.3) is 5.91 Å². The molecule has 3 aromatic rings. The van der Waals surface area contributed by atoms with E-state index in [0.717, 1.165) is 16.7 Å². The van der Waals surface area contributed by atoms with E-state index in [0.29, 0.717) is 12.2 Å². The molecule has 0 bridgehead atoms. The Bertz CT molecular complexity index is 679. The van der Waals surface area contributed by atoms with E-state index in [-0.39, 0.29) is 11.9 Å². The summed E-state index contributed by atoms with van der Waals surface area (Å²) in [4.78, 5) is 11.8. The minimum atomic E-state index is -0.210. The number of nitrogens with one attached hydrogen (secondary N) is 1. The van der Waals surface area contributed by atoms with Gasteiger partial charge in [-0.3, -0.25) is 4.79 Å². The molecule has 0 aliphatic rings. The smallest absolute Gasteiger partial charge is 0.287 e. The van der Waals surface area contributed by atoms with E-state index >= 15 is 0 Å². The second-order valence-electron chi connectivity index (χ2n) is 4.81. The molecule has 102 valence electrons. The van der Waals surface area contributed by atoms with Crippen LogP contribution in [0.3, 0.4) is 0 Å². The number of para-hydroxylation sites is 1. The van der Waals surface area contributed by atoms with Crippen LogP contribution in [-0.4, -0.2) is 11.9 Å². The molecule has 0 unspecified atom stereocenters. The van der Waals surface area contributed by atoms with Crippen LogP contribution in [0.2, 0.25) is 0 Å². The number of hydrogen-bond acceptors (Lipinski definition) is 3. The van der Waals surface area contributed by atoms with Crippen LogP contribution in [0.4, 0.5) is 0 Å². The maximum atomic E-state index is 11.8. The lowest BCUT2D eigenvalue weighted by molar-refractivity contribution is 0.0911. The molecule has 0 fully saturated rings. The van der Waals surface area contributed by atoms with E-state index in [1.807, 2.05) is 37.3 Å². The van der Waals surface area contributed by atoms with E-state index in [4.69, 9.17) is 8.83 Å². The molecule has 2 aromatic heterocycles. The molecule has 3 rings (SSSR count). The van der Waals surface area contributed by atoms with E-state index < -0.39 is 0 Å². The number of fused-ring (bicyclic) bond motifs is 1. The highest BCUT2D eigenvalue weighted by molar-refractivity contribution is 5.91. The van der Waals surface area contributed by atoms with Crippen molar-refractivity contribution in [1.29, 1.82) is 0 Å². The Balaban J connectivity index is 1.66. The molecule has 1 aromatic carbocycles. The van der Waals surface area contributed by atoms with Crippen LogP contribution in [0.15, 0.2) is 57.6 Å². The quantitative estimate of drug-likeness (QED) is 0.789. The second kappa shape index (κ2) is 5.25. The molecule has 4 heteroatoms. The van der Waals surface area contributed by atoms with Gasteiger partial charge in [-0.05, 0) is 31.2 Å². The van der Waals surface area contributed by atoms with Crippen molar-refractivity contribution >= 4 is 16.9 Å². The Labute approximate surface area is 116 Å². The fraction of sp³-hybridized carbons (Fsp3) is 0.188. The van der Waals surface area contributed by atoms with Crippen LogP contribution in [0.1, 0.15) is 23.2 Å². The van der Waals surface area contributed by atoms with Crippen molar-refractivity contribution in [2.75, 3.05) is 0 Å². The first-order valence-corrected chi connectivity index (χ1v) is 6.54. The maximum Gasteiger partial charge on any atom is 0.287 e. The minimum Gasteiger partial charge on any atom is -0.461 e. The highest BCUT2D eigenvalue weighted by Crippen LogP contribution is 2.19. The number of benzene rings is 1. The summed E-state index contributed by atoms with van der Waals surface area (Å²) < 4.78 is 10.8. The number of carbonyl (C=O) groups is 1. The van der Waals surface area contributed by atoms with Crippen LogP contribution >= 0.6 is 0 Å². The van der Waals surface area contributed by atoms with Gasteiger partial charge in [0.05, 0.1) is 6.26 Å². The lowest BCUT2D eigenvalue weighted by Crippen LogP contribution is -2.33. The highest BCUT2D eigenvalue weighted by Gasteiger charge is 2.14. The number of hydrogen-bond donors (Lipinski definition) is 1. The Morgan fingerprint density at radius 3 is 2.85 bits per heavy atom. The van der Waals surface area contributed by atoms with Crippen molar-refractivity contribution in [2.24, 2.45) is 0 Å². The molecule has 20 heavy (non-hydrogen) atoms. The van der Waals surface area contributed by atoms with Gasteiger partial charge < -0.3 is 14.2 Å². The van der Waals surface area contributed by atoms with Crippen molar-refractivity contribution in [3.63, 3.8) is 0 Å². The standard InChI is InChI=1S/C16H15NO3/c1-11(17-16(18)15-7-4-8-19-15)9-13-10-12-5-2-3-6-14(12)20-13/h2-8,10-11H,9H2,1H3,(H,17,18)/t11-/m0/s1.